The zero-order chi connectivity index (χ0) is 16.1. The fourth-order valence-corrected chi connectivity index (χ4v) is 2.94. The number of carbonyl (C=O) groups excluding carboxylic acids is 1. The molecular formula is C17H23N5O. The van der Waals surface area contributed by atoms with Crippen molar-refractivity contribution >= 4 is 5.91 Å². The van der Waals surface area contributed by atoms with E-state index in [-0.39, 0.29) is 5.91 Å². The first-order chi connectivity index (χ1) is 11.2. The largest absolute Gasteiger partial charge is 0.340 e. The molecule has 3 rings (SSSR count). The third-order valence-electron chi connectivity index (χ3n) is 4.24. The summed E-state index contributed by atoms with van der Waals surface area (Å²) in [5, 5.41) is 4.03. The summed E-state index contributed by atoms with van der Waals surface area (Å²) >= 11 is 0. The molecular weight excluding hydrogens is 290 g/mol. The average molecular weight is 313 g/mol. The Labute approximate surface area is 136 Å². The molecule has 122 valence electrons. The van der Waals surface area contributed by atoms with Gasteiger partial charge in [0, 0.05) is 39.1 Å². The minimum absolute atomic E-state index is 0.204. The summed E-state index contributed by atoms with van der Waals surface area (Å²) in [5.41, 5.74) is 2.64. The van der Waals surface area contributed by atoms with Gasteiger partial charge in [0.25, 0.3) is 0 Å². The second-order valence-electron chi connectivity index (χ2n) is 6.05. The molecule has 1 fully saturated rings. The maximum atomic E-state index is 12.2. The van der Waals surface area contributed by atoms with E-state index in [0.29, 0.717) is 13.0 Å². The van der Waals surface area contributed by atoms with Crippen molar-refractivity contribution in [1.82, 2.24) is 24.6 Å². The van der Waals surface area contributed by atoms with Crippen molar-refractivity contribution in [2.75, 3.05) is 26.2 Å². The molecule has 1 aliphatic rings. The second-order valence-corrected chi connectivity index (χ2v) is 6.05. The number of amides is 1. The van der Waals surface area contributed by atoms with Crippen molar-refractivity contribution in [1.29, 1.82) is 0 Å². The summed E-state index contributed by atoms with van der Waals surface area (Å²) in [4.78, 5) is 20.5. The Kier molecular flexibility index (Phi) is 5.02. The Balaban J connectivity index is 1.43. The predicted octanol–water partition coefficient (Wildman–Crippen LogP) is 1.32. The number of piperazine rings is 1. The number of hydrogen-bond acceptors (Lipinski definition) is 4. The monoisotopic (exact) mass is 313 g/mol. The molecule has 0 N–H and O–H groups in total. The van der Waals surface area contributed by atoms with Gasteiger partial charge in [-0.2, -0.15) is 5.10 Å². The number of rotatable bonds is 5. The van der Waals surface area contributed by atoms with Crippen LogP contribution in [0.25, 0.3) is 0 Å². The molecule has 0 unspecified atom stereocenters. The molecule has 1 aromatic heterocycles. The standard InChI is InChI=1S/C17H23N5O/c1-15-3-2-4-16(11-15)12-20-7-9-21(10-8-20)17(23)5-6-22-14-18-13-19-22/h2-4,11,13-14H,5-10,12H2,1H3. The maximum Gasteiger partial charge on any atom is 0.224 e. The van der Waals surface area contributed by atoms with Crippen LogP contribution in [0.15, 0.2) is 36.9 Å². The number of benzene rings is 1. The molecule has 23 heavy (non-hydrogen) atoms. The molecule has 1 aliphatic heterocycles. The molecule has 0 bridgehead atoms. The van der Waals surface area contributed by atoms with Gasteiger partial charge in [0.15, 0.2) is 0 Å². The summed E-state index contributed by atoms with van der Waals surface area (Å²) in [7, 11) is 0. The first-order valence-electron chi connectivity index (χ1n) is 8.09. The number of aryl methyl sites for hydroxylation is 2. The summed E-state index contributed by atoms with van der Waals surface area (Å²) in [6.07, 6.45) is 3.63. The topological polar surface area (TPSA) is 54.3 Å². The van der Waals surface area contributed by atoms with Crippen molar-refractivity contribution in [2.45, 2.75) is 26.4 Å². The van der Waals surface area contributed by atoms with Crippen LogP contribution in [-0.2, 0) is 17.9 Å². The molecule has 1 saturated heterocycles. The Bertz CT molecular complexity index is 632. The van der Waals surface area contributed by atoms with Gasteiger partial charge in [0.2, 0.25) is 5.91 Å². The van der Waals surface area contributed by atoms with Crippen LogP contribution in [0.3, 0.4) is 0 Å². The molecule has 0 atom stereocenters. The van der Waals surface area contributed by atoms with Crippen LogP contribution < -0.4 is 0 Å². The highest BCUT2D eigenvalue weighted by atomic mass is 16.2. The predicted molar refractivity (Wildman–Crippen MR) is 87.7 cm³/mol. The highest BCUT2D eigenvalue weighted by Gasteiger charge is 2.20. The first-order valence-corrected chi connectivity index (χ1v) is 8.09. The molecule has 2 aromatic rings. The van der Waals surface area contributed by atoms with Crippen LogP contribution >= 0.6 is 0 Å². The van der Waals surface area contributed by atoms with Crippen LogP contribution in [0.1, 0.15) is 17.5 Å². The van der Waals surface area contributed by atoms with Crippen LogP contribution in [0.4, 0.5) is 0 Å². The molecule has 6 nitrogen and oxygen atoms in total. The lowest BCUT2D eigenvalue weighted by Gasteiger charge is -2.34. The Morgan fingerprint density at radius 2 is 2.04 bits per heavy atom. The first kappa shape index (κ1) is 15.7. The third-order valence-corrected chi connectivity index (χ3v) is 4.24. The number of nitrogens with zero attached hydrogens (tertiary/aromatic N) is 5. The van der Waals surface area contributed by atoms with Crippen LogP contribution in [0.2, 0.25) is 0 Å². The van der Waals surface area contributed by atoms with Crippen LogP contribution in [0, 0.1) is 6.92 Å². The molecule has 0 saturated carbocycles. The molecule has 0 spiro atoms. The zero-order valence-corrected chi connectivity index (χ0v) is 13.6. The second kappa shape index (κ2) is 7.37. The van der Waals surface area contributed by atoms with E-state index in [1.807, 2.05) is 4.90 Å². The lowest BCUT2D eigenvalue weighted by atomic mass is 10.1. The normalized spacial score (nSPS) is 15.8. The third kappa shape index (κ3) is 4.39. The summed E-state index contributed by atoms with van der Waals surface area (Å²) < 4.78 is 1.70. The van der Waals surface area contributed by atoms with E-state index in [2.05, 4.69) is 46.2 Å². The number of hydrogen-bond donors (Lipinski definition) is 0. The van der Waals surface area contributed by atoms with E-state index < -0.39 is 0 Å². The SMILES string of the molecule is Cc1cccc(CN2CCN(C(=O)CCn3cncn3)CC2)c1. The summed E-state index contributed by atoms with van der Waals surface area (Å²) in [6.45, 7) is 7.16. The van der Waals surface area contributed by atoms with Crippen molar-refractivity contribution in [3.63, 3.8) is 0 Å². The minimum atomic E-state index is 0.204. The smallest absolute Gasteiger partial charge is 0.224 e. The van der Waals surface area contributed by atoms with E-state index >= 15 is 0 Å². The lowest BCUT2D eigenvalue weighted by molar-refractivity contribution is -0.133. The summed E-state index contributed by atoms with van der Waals surface area (Å²) in [6, 6.07) is 8.63. The molecule has 1 amide bonds. The minimum Gasteiger partial charge on any atom is -0.340 e. The molecule has 0 aliphatic carbocycles. The summed E-state index contributed by atoms with van der Waals surface area (Å²) in [5.74, 6) is 0.204. The van der Waals surface area contributed by atoms with Crippen molar-refractivity contribution in [3.8, 4) is 0 Å². The van der Waals surface area contributed by atoms with E-state index in [0.717, 1.165) is 32.7 Å². The Morgan fingerprint density at radius 1 is 1.22 bits per heavy atom. The van der Waals surface area contributed by atoms with Gasteiger partial charge in [-0.05, 0) is 12.5 Å². The zero-order valence-electron chi connectivity index (χ0n) is 13.6. The van der Waals surface area contributed by atoms with Gasteiger partial charge >= 0.3 is 0 Å². The van der Waals surface area contributed by atoms with Crippen LogP contribution in [0.5, 0.6) is 0 Å². The van der Waals surface area contributed by atoms with E-state index in [1.165, 1.54) is 17.5 Å². The van der Waals surface area contributed by atoms with Gasteiger partial charge in [0.1, 0.15) is 12.7 Å². The quantitative estimate of drug-likeness (QED) is 0.835. The van der Waals surface area contributed by atoms with Gasteiger partial charge < -0.3 is 4.90 Å². The molecule has 0 radical (unpaired) electrons. The van der Waals surface area contributed by atoms with Gasteiger partial charge in [-0.25, -0.2) is 4.98 Å². The Morgan fingerprint density at radius 3 is 2.74 bits per heavy atom. The van der Waals surface area contributed by atoms with Gasteiger partial charge in [-0.1, -0.05) is 29.8 Å². The highest BCUT2D eigenvalue weighted by Crippen LogP contribution is 2.11. The molecule has 1 aromatic carbocycles. The number of carbonyl (C=O) groups is 1. The van der Waals surface area contributed by atoms with Gasteiger partial charge in [-0.15, -0.1) is 0 Å². The van der Waals surface area contributed by atoms with Crippen molar-refractivity contribution in [2.24, 2.45) is 0 Å². The fourth-order valence-electron chi connectivity index (χ4n) is 2.94. The van der Waals surface area contributed by atoms with E-state index in [1.54, 1.807) is 11.0 Å². The van der Waals surface area contributed by atoms with Crippen molar-refractivity contribution < 1.29 is 4.79 Å². The maximum absolute atomic E-state index is 12.2. The molecule has 2 heterocycles. The fraction of sp³-hybridized carbons (Fsp3) is 0.471. The number of aromatic nitrogens is 3. The van der Waals surface area contributed by atoms with Crippen molar-refractivity contribution in [3.05, 3.63) is 48.0 Å². The Hall–Kier alpha value is -2.21. The van der Waals surface area contributed by atoms with Gasteiger partial charge in [0.05, 0.1) is 6.54 Å². The van der Waals surface area contributed by atoms with E-state index in [9.17, 15) is 4.79 Å². The van der Waals surface area contributed by atoms with Crippen LogP contribution in [-0.4, -0.2) is 56.7 Å². The lowest BCUT2D eigenvalue weighted by Crippen LogP contribution is -2.48. The van der Waals surface area contributed by atoms with Gasteiger partial charge in [-0.3, -0.25) is 14.4 Å². The van der Waals surface area contributed by atoms with E-state index in [4.69, 9.17) is 0 Å². The highest BCUT2D eigenvalue weighted by molar-refractivity contribution is 5.76. The molecule has 6 heteroatoms. The average Bonchev–Trinajstić information content (AvgIpc) is 3.07.